The van der Waals surface area contributed by atoms with Crippen LogP contribution in [0.15, 0.2) is 18.2 Å². The maximum atomic E-state index is 14.7. The Bertz CT molecular complexity index is 2130. The fourth-order valence-electron chi connectivity index (χ4n) is 8.66. The van der Waals surface area contributed by atoms with E-state index in [2.05, 4.69) is 15.4 Å². The lowest BCUT2D eigenvalue weighted by Crippen LogP contribution is -2.59. The van der Waals surface area contributed by atoms with E-state index in [9.17, 15) is 40.8 Å². The predicted molar refractivity (Wildman–Crippen MR) is 204 cm³/mol. The van der Waals surface area contributed by atoms with Crippen LogP contribution in [-0.2, 0) is 35.6 Å². The summed E-state index contributed by atoms with van der Waals surface area (Å²) in [4.78, 5) is 62.4. The molecule has 2 aliphatic carbocycles. The number of carbonyl (C=O) groups is 4. The molecular weight excluding hydrogens is 784 g/mol. The summed E-state index contributed by atoms with van der Waals surface area (Å²) in [6.45, 7) is 4.64. The monoisotopic (exact) mass is 835 g/mol. The Morgan fingerprint density at radius 2 is 1.72 bits per heavy atom. The minimum Gasteiger partial charge on any atom is -0.497 e. The molecule has 1 spiro atoms. The van der Waals surface area contributed by atoms with Crippen LogP contribution in [0, 0.1) is 12.8 Å². The first-order chi connectivity index (χ1) is 27.1. The van der Waals surface area contributed by atoms with Gasteiger partial charge in [-0.15, -0.1) is 0 Å². The zero-order valence-electron chi connectivity index (χ0n) is 33.5. The lowest BCUT2D eigenvalue weighted by atomic mass is 9.87. The Morgan fingerprint density at radius 3 is 2.40 bits per heavy atom. The molecule has 2 saturated carbocycles. The molecule has 318 valence electrons. The van der Waals surface area contributed by atoms with Crippen molar-refractivity contribution in [2.45, 2.75) is 151 Å². The minimum atomic E-state index is -4.89. The Hall–Kier alpha value is -4.35. The van der Waals surface area contributed by atoms with E-state index >= 15 is 0 Å². The third kappa shape index (κ3) is 7.76. The average molecular weight is 836 g/mol. The highest BCUT2D eigenvalue weighted by molar-refractivity contribution is 7.91. The summed E-state index contributed by atoms with van der Waals surface area (Å²) in [5.74, 6) is -1.49. The molecular formula is C40H52F3N5O9S. The normalized spacial score (nSPS) is 28.8. The molecule has 0 bridgehead atoms. The molecule has 4 amide bonds. The molecule has 14 nitrogen and oxygen atoms in total. The van der Waals surface area contributed by atoms with E-state index in [1.54, 1.807) is 21.0 Å². The molecule has 4 fully saturated rings. The molecule has 4 heterocycles. The van der Waals surface area contributed by atoms with Crippen LogP contribution >= 0.6 is 0 Å². The third-order valence-electron chi connectivity index (χ3n) is 12.9. The van der Waals surface area contributed by atoms with Gasteiger partial charge in [0.15, 0.2) is 0 Å². The van der Waals surface area contributed by atoms with Crippen molar-refractivity contribution in [2.75, 3.05) is 13.7 Å². The van der Waals surface area contributed by atoms with E-state index in [0.29, 0.717) is 82.4 Å². The number of benzene rings is 1. The highest BCUT2D eigenvalue weighted by atomic mass is 32.2. The molecule has 58 heavy (non-hydrogen) atoms. The fraction of sp³-hybridized carbons (Fsp3) is 0.675. The van der Waals surface area contributed by atoms with E-state index in [-0.39, 0.29) is 31.7 Å². The number of carbonyl (C=O) groups excluding carboxylic acids is 4. The topological polar surface area (TPSA) is 182 Å². The van der Waals surface area contributed by atoms with E-state index in [1.807, 2.05) is 18.2 Å². The van der Waals surface area contributed by atoms with Gasteiger partial charge in [-0.25, -0.2) is 18.2 Å². The number of alkyl halides is 3. The molecule has 1 aromatic heterocycles. The number of pyridine rings is 1. The first-order valence-corrected chi connectivity index (χ1v) is 21.5. The van der Waals surface area contributed by atoms with Crippen molar-refractivity contribution in [2.24, 2.45) is 5.92 Å². The van der Waals surface area contributed by atoms with Crippen LogP contribution < -0.4 is 24.8 Å². The largest absolute Gasteiger partial charge is 0.497 e. The highest BCUT2D eigenvalue weighted by Crippen LogP contribution is 2.50. The molecule has 5 atom stereocenters. The Kier molecular flexibility index (Phi) is 10.6. The van der Waals surface area contributed by atoms with Gasteiger partial charge in [0, 0.05) is 17.4 Å². The number of nitrogens with one attached hydrogen (secondary N) is 3. The number of halogens is 3. The van der Waals surface area contributed by atoms with E-state index in [4.69, 9.17) is 19.2 Å². The number of ether oxygens (including phenoxy) is 3. The number of aryl methyl sites for hydroxylation is 2. The summed E-state index contributed by atoms with van der Waals surface area (Å²) in [7, 11) is -2.48. The zero-order valence-corrected chi connectivity index (χ0v) is 34.3. The van der Waals surface area contributed by atoms with Crippen LogP contribution in [-0.4, -0.2) is 95.5 Å². The second-order valence-corrected chi connectivity index (χ2v) is 19.7. The number of methoxy groups -OCH3 is 1. The summed E-state index contributed by atoms with van der Waals surface area (Å²) in [6, 6.07) is 2.90. The van der Waals surface area contributed by atoms with Gasteiger partial charge >= 0.3 is 12.3 Å². The van der Waals surface area contributed by atoms with Crippen molar-refractivity contribution in [3.8, 4) is 11.5 Å². The number of hydrogen-bond donors (Lipinski definition) is 3. The molecule has 3 aliphatic heterocycles. The summed E-state index contributed by atoms with van der Waals surface area (Å²) in [5, 5.41) is 6.09. The van der Waals surface area contributed by atoms with Crippen molar-refractivity contribution < 1.29 is 55.0 Å². The molecule has 0 radical (unpaired) electrons. The smallest absolute Gasteiger partial charge is 0.427 e. The van der Waals surface area contributed by atoms with Crippen LogP contribution in [0.25, 0.3) is 10.9 Å². The van der Waals surface area contributed by atoms with Gasteiger partial charge in [-0.2, -0.15) is 13.2 Å². The molecule has 2 aromatic rings. The maximum Gasteiger partial charge on any atom is 0.427 e. The van der Waals surface area contributed by atoms with Crippen molar-refractivity contribution >= 4 is 44.7 Å². The van der Waals surface area contributed by atoms with Gasteiger partial charge in [0.25, 0.3) is 5.91 Å². The molecule has 18 heteroatoms. The quantitative estimate of drug-likeness (QED) is 0.347. The Balaban J connectivity index is 1.23. The van der Waals surface area contributed by atoms with Gasteiger partial charge < -0.3 is 29.7 Å². The number of aromatic nitrogens is 1. The van der Waals surface area contributed by atoms with E-state index in [1.165, 1.54) is 4.90 Å². The van der Waals surface area contributed by atoms with Gasteiger partial charge in [-0.1, -0.05) is 32.1 Å². The highest BCUT2D eigenvalue weighted by Gasteiger charge is 2.64. The van der Waals surface area contributed by atoms with Gasteiger partial charge in [0.1, 0.15) is 34.7 Å². The van der Waals surface area contributed by atoms with Crippen molar-refractivity contribution in [3.63, 3.8) is 0 Å². The Morgan fingerprint density at radius 1 is 1.03 bits per heavy atom. The number of fused-ring (bicyclic) bond motifs is 5. The van der Waals surface area contributed by atoms with E-state index in [0.717, 1.165) is 29.3 Å². The first kappa shape index (κ1) is 41.8. The van der Waals surface area contributed by atoms with Gasteiger partial charge in [0.05, 0.1) is 29.6 Å². The summed E-state index contributed by atoms with van der Waals surface area (Å²) in [6.07, 6.45) is -0.665. The second kappa shape index (κ2) is 14.7. The van der Waals surface area contributed by atoms with Crippen LogP contribution in [0.4, 0.5) is 18.0 Å². The van der Waals surface area contributed by atoms with Crippen LogP contribution in [0.5, 0.6) is 11.5 Å². The first-order valence-electron chi connectivity index (χ1n) is 20.0. The van der Waals surface area contributed by atoms with Gasteiger partial charge in [0.2, 0.25) is 27.4 Å². The van der Waals surface area contributed by atoms with Crippen LogP contribution in [0.1, 0.15) is 109 Å². The molecule has 2 saturated heterocycles. The third-order valence-corrected chi connectivity index (χ3v) is 15.1. The summed E-state index contributed by atoms with van der Waals surface area (Å²) >= 11 is 0. The average Bonchev–Trinajstić information content (AvgIpc) is 4.04. The predicted octanol–water partition coefficient (Wildman–Crippen LogP) is 5.27. The molecule has 5 aliphatic rings. The van der Waals surface area contributed by atoms with Gasteiger partial charge in [-0.3, -0.25) is 19.1 Å². The summed E-state index contributed by atoms with van der Waals surface area (Å²) in [5.41, 5.74) is -3.33. The number of alkyl carbamates (subject to hydrolysis) is 1. The molecule has 3 N–H and O–H groups in total. The maximum absolute atomic E-state index is 14.7. The summed E-state index contributed by atoms with van der Waals surface area (Å²) < 4.78 is 85.8. The number of rotatable bonds is 6. The lowest BCUT2D eigenvalue weighted by Gasteiger charge is -2.37. The number of sulfonamides is 1. The van der Waals surface area contributed by atoms with Crippen LogP contribution in [0.2, 0.25) is 0 Å². The van der Waals surface area contributed by atoms with Crippen molar-refractivity contribution in [1.82, 2.24) is 25.2 Å². The molecule has 1 unspecified atom stereocenters. The zero-order chi connectivity index (χ0) is 42.1. The fourth-order valence-corrected chi connectivity index (χ4v) is 9.98. The standard InChI is InChI=1S/C40H52F3N5O9S/c1-23-31-26(27-19-25(55-5)13-14-28(27)44-23)15-16-38(56-31)21-30-32(49)46-39(34(51)47-58(53,54)37(4)17-18-37)20-24(39)11-9-7-6-8-10-12-29(33(50)48(30)22-38)45-35(52)57-36(2,3)40(41,42)43/h13-14,19,24,29-30H,6-12,15-18,20-22H2,1-5H3,(H,45,52)(H,46,49)(H,47,51)/t24?,29-,30-,38+,39+/m0/s1. The number of hydrogen-bond acceptors (Lipinski definition) is 10. The van der Waals surface area contributed by atoms with Crippen molar-refractivity contribution in [1.29, 1.82) is 0 Å². The lowest BCUT2D eigenvalue weighted by molar-refractivity contribution is -0.244. The second-order valence-electron chi connectivity index (χ2n) is 17.5. The molecule has 7 rings (SSSR count). The SMILES string of the molecule is COc1ccc2nc(C)c3c(c2c1)CC[C@]1(C[C@H]2C(=O)N[C@]4(C(=O)NS(=O)(=O)C5(C)CC5)CC4CCCCCCC[C@H](NC(=O)OC(C)(C)C(F)(F)F)C(=O)N2C1)O3. The van der Waals surface area contributed by atoms with E-state index < -0.39 is 73.6 Å². The Labute approximate surface area is 335 Å². The molecule has 1 aromatic carbocycles. The van der Waals surface area contributed by atoms with Crippen LogP contribution in [0.3, 0.4) is 0 Å². The minimum absolute atomic E-state index is 0.0311. The number of nitrogens with zero attached hydrogens (tertiary/aromatic N) is 2. The van der Waals surface area contributed by atoms with Gasteiger partial charge in [-0.05, 0) is 96.8 Å². The van der Waals surface area contributed by atoms with Crippen molar-refractivity contribution in [3.05, 3.63) is 29.5 Å². The number of amides is 4.